The molecular weight excluding hydrogens is 420 g/mol. The molecule has 0 unspecified atom stereocenters. The standard InChI is InChI=1S/C21H20N4O5S/c1-12(13-5-9-16(30-2)10-6-13)23-24-21(22)31-17-11-18(26)25(19(17)27)15-7-3-14(4-8-15)20(28)29/h3-10,17H,11H2,1-2H3,(H2,22,24)(H,28,29)/b23-12-/t17-/m0/s1. The lowest BCUT2D eigenvalue weighted by molar-refractivity contribution is -0.121. The molecule has 1 fully saturated rings. The number of carbonyl (C=O) groups is 3. The number of hydrogen-bond donors (Lipinski definition) is 2. The fraction of sp³-hybridized carbons (Fsp3) is 0.190. The van der Waals surface area contributed by atoms with Crippen LogP contribution in [0.2, 0.25) is 0 Å². The molecule has 3 N–H and O–H groups in total. The van der Waals surface area contributed by atoms with Crippen molar-refractivity contribution in [3.63, 3.8) is 0 Å². The van der Waals surface area contributed by atoms with Crippen molar-refractivity contribution in [2.24, 2.45) is 15.9 Å². The Bertz CT molecular complexity index is 1060. The third-order valence-corrected chi connectivity index (χ3v) is 5.52. The number of anilines is 1. The van der Waals surface area contributed by atoms with Gasteiger partial charge in [-0.1, -0.05) is 11.8 Å². The number of aromatic carboxylic acids is 1. The Kier molecular flexibility index (Phi) is 6.71. The van der Waals surface area contributed by atoms with Crippen LogP contribution >= 0.6 is 11.8 Å². The third-order valence-electron chi connectivity index (χ3n) is 4.55. The van der Waals surface area contributed by atoms with Gasteiger partial charge in [0.2, 0.25) is 11.8 Å². The largest absolute Gasteiger partial charge is 0.497 e. The first-order chi connectivity index (χ1) is 14.8. The summed E-state index contributed by atoms with van der Waals surface area (Å²) in [4.78, 5) is 37.1. The summed E-state index contributed by atoms with van der Waals surface area (Å²) < 4.78 is 5.12. The second-order valence-corrected chi connectivity index (χ2v) is 7.81. The molecule has 0 aromatic heterocycles. The molecule has 1 aliphatic rings. The Morgan fingerprint density at radius 2 is 1.71 bits per heavy atom. The number of benzene rings is 2. The van der Waals surface area contributed by atoms with Gasteiger partial charge in [0.05, 0.1) is 24.1 Å². The van der Waals surface area contributed by atoms with Crippen molar-refractivity contribution in [2.45, 2.75) is 18.6 Å². The van der Waals surface area contributed by atoms with Gasteiger partial charge in [-0.2, -0.15) is 5.10 Å². The number of amidine groups is 1. The van der Waals surface area contributed by atoms with Crippen LogP contribution in [0.25, 0.3) is 0 Å². The molecule has 1 heterocycles. The lowest BCUT2D eigenvalue weighted by atomic mass is 10.1. The van der Waals surface area contributed by atoms with Crippen LogP contribution in [0.5, 0.6) is 5.75 Å². The van der Waals surface area contributed by atoms with E-state index in [1.54, 1.807) is 26.2 Å². The second-order valence-electron chi connectivity index (χ2n) is 6.58. The molecule has 3 rings (SSSR count). The number of amides is 2. The zero-order valence-electron chi connectivity index (χ0n) is 16.8. The summed E-state index contributed by atoms with van der Waals surface area (Å²) in [6, 6.07) is 12.8. The monoisotopic (exact) mass is 440 g/mol. The number of carbonyl (C=O) groups excluding carboxylic acids is 2. The van der Waals surface area contributed by atoms with Gasteiger partial charge in [-0.25, -0.2) is 9.69 Å². The maximum atomic E-state index is 12.7. The first-order valence-electron chi connectivity index (χ1n) is 9.19. The molecule has 10 heteroatoms. The molecule has 160 valence electrons. The van der Waals surface area contributed by atoms with Gasteiger partial charge in [0.15, 0.2) is 5.17 Å². The van der Waals surface area contributed by atoms with Crippen LogP contribution in [0.15, 0.2) is 58.7 Å². The summed E-state index contributed by atoms with van der Waals surface area (Å²) in [5, 5.41) is 16.4. The Morgan fingerprint density at radius 3 is 2.29 bits per heavy atom. The lowest BCUT2D eigenvalue weighted by Crippen LogP contribution is -2.31. The predicted molar refractivity (Wildman–Crippen MR) is 119 cm³/mol. The molecule has 31 heavy (non-hydrogen) atoms. The number of hydrogen-bond acceptors (Lipinski definition) is 7. The smallest absolute Gasteiger partial charge is 0.335 e. The number of ether oxygens (including phenoxy) is 1. The van der Waals surface area contributed by atoms with Gasteiger partial charge in [-0.3, -0.25) is 9.59 Å². The van der Waals surface area contributed by atoms with Gasteiger partial charge in [-0.05, 0) is 61.0 Å². The molecule has 0 saturated carbocycles. The highest BCUT2D eigenvalue weighted by atomic mass is 32.2. The van der Waals surface area contributed by atoms with Crippen molar-refractivity contribution in [3.05, 3.63) is 59.7 Å². The summed E-state index contributed by atoms with van der Waals surface area (Å²) in [7, 11) is 1.58. The molecule has 9 nitrogen and oxygen atoms in total. The van der Waals surface area contributed by atoms with Crippen molar-refractivity contribution in [1.29, 1.82) is 0 Å². The third kappa shape index (κ3) is 5.10. The fourth-order valence-electron chi connectivity index (χ4n) is 2.90. The number of imide groups is 1. The number of methoxy groups -OCH3 is 1. The van der Waals surface area contributed by atoms with E-state index in [1.807, 2.05) is 12.1 Å². The molecule has 2 aromatic rings. The molecule has 1 saturated heterocycles. The number of rotatable bonds is 6. The Hall–Kier alpha value is -3.66. The average Bonchev–Trinajstić information content (AvgIpc) is 3.04. The van der Waals surface area contributed by atoms with Gasteiger partial charge in [0.1, 0.15) is 11.0 Å². The molecule has 0 radical (unpaired) electrons. The SMILES string of the molecule is COc1ccc(/C(C)=N\N=C(N)S[C@H]2CC(=O)N(c3ccc(C(=O)O)cc3)C2=O)cc1. The predicted octanol–water partition coefficient (Wildman–Crippen LogP) is 2.50. The zero-order chi connectivity index (χ0) is 22.5. The minimum absolute atomic E-state index is 0.0401. The zero-order valence-corrected chi connectivity index (χ0v) is 17.6. The Labute approximate surface area is 182 Å². The number of nitrogens with two attached hydrogens (primary N) is 1. The van der Waals surface area contributed by atoms with E-state index in [0.717, 1.165) is 28.0 Å². The van der Waals surface area contributed by atoms with Crippen LogP contribution in [-0.4, -0.2) is 46.1 Å². The maximum absolute atomic E-state index is 12.7. The van der Waals surface area contributed by atoms with E-state index in [4.69, 9.17) is 15.6 Å². The van der Waals surface area contributed by atoms with E-state index in [2.05, 4.69) is 10.2 Å². The van der Waals surface area contributed by atoms with Crippen LogP contribution in [0.1, 0.15) is 29.3 Å². The first-order valence-corrected chi connectivity index (χ1v) is 10.1. The number of nitrogens with zero attached hydrogens (tertiary/aromatic N) is 3. The molecule has 0 bridgehead atoms. The number of carboxylic acid groups (broad SMARTS) is 1. The highest BCUT2D eigenvalue weighted by Gasteiger charge is 2.40. The quantitative estimate of drug-likeness (QED) is 0.305. The molecule has 0 spiro atoms. The van der Waals surface area contributed by atoms with Crippen LogP contribution in [-0.2, 0) is 9.59 Å². The van der Waals surface area contributed by atoms with Crippen molar-refractivity contribution in [2.75, 3.05) is 12.0 Å². The summed E-state index contributed by atoms with van der Waals surface area (Å²) in [6.45, 7) is 1.77. The minimum atomic E-state index is -1.09. The van der Waals surface area contributed by atoms with E-state index >= 15 is 0 Å². The summed E-state index contributed by atoms with van der Waals surface area (Å²) >= 11 is 0.963. The van der Waals surface area contributed by atoms with Gasteiger partial charge >= 0.3 is 5.97 Å². The lowest BCUT2D eigenvalue weighted by Gasteiger charge is -2.14. The minimum Gasteiger partial charge on any atom is -0.497 e. The van der Waals surface area contributed by atoms with Crippen molar-refractivity contribution in [3.8, 4) is 5.75 Å². The number of carboxylic acids is 1. The van der Waals surface area contributed by atoms with Crippen LogP contribution in [0.4, 0.5) is 5.69 Å². The van der Waals surface area contributed by atoms with Gasteiger partial charge < -0.3 is 15.6 Å². The van der Waals surface area contributed by atoms with Crippen molar-refractivity contribution >= 4 is 46.1 Å². The van der Waals surface area contributed by atoms with Gasteiger partial charge in [0.25, 0.3) is 0 Å². The maximum Gasteiger partial charge on any atom is 0.335 e. The molecular formula is C21H20N4O5S. The molecule has 1 atom stereocenters. The van der Waals surface area contributed by atoms with E-state index in [9.17, 15) is 14.4 Å². The second kappa shape index (κ2) is 9.43. The topological polar surface area (TPSA) is 135 Å². The van der Waals surface area contributed by atoms with Crippen LogP contribution in [0, 0.1) is 0 Å². The Balaban J connectivity index is 1.68. The first kappa shape index (κ1) is 22.0. The Morgan fingerprint density at radius 1 is 1.10 bits per heavy atom. The molecule has 1 aliphatic heterocycles. The summed E-state index contributed by atoms with van der Waals surface area (Å²) in [6.07, 6.45) is -0.0401. The van der Waals surface area contributed by atoms with Gasteiger partial charge in [0, 0.05) is 6.42 Å². The molecule has 2 amide bonds. The van der Waals surface area contributed by atoms with Gasteiger partial charge in [-0.15, -0.1) is 5.10 Å². The van der Waals surface area contributed by atoms with Crippen LogP contribution < -0.4 is 15.4 Å². The van der Waals surface area contributed by atoms with E-state index < -0.39 is 23.0 Å². The van der Waals surface area contributed by atoms with E-state index in [0.29, 0.717) is 11.4 Å². The van der Waals surface area contributed by atoms with Crippen molar-refractivity contribution in [1.82, 2.24) is 0 Å². The molecule has 0 aliphatic carbocycles. The van der Waals surface area contributed by atoms with Crippen molar-refractivity contribution < 1.29 is 24.2 Å². The molecule has 2 aromatic carbocycles. The summed E-state index contributed by atoms with van der Waals surface area (Å²) in [5.74, 6) is -1.20. The highest BCUT2D eigenvalue weighted by Crippen LogP contribution is 2.30. The average molecular weight is 440 g/mol. The normalized spacial score (nSPS) is 17.2. The van der Waals surface area contributed by atoms with E-state index in [-0.39, 0.29) is 17.2 Å². The number of thioether (sulfide) groups is 1. The summed E-state index contributed by atoms with van der Waals surface area (Å²) in [5.41, 5.74) is 7.75. The van der Waals surface area contributed by atoms with E-state index in [1.165, 1.54) is 24.3 Å². The highest BCUT2D eigenvalue weighted by molar-refractivity contribution is 8.14. The van der Waals surface area contributed by atoms with Crippen LogP contribution in [0.3, 0.4) is 0 Å². The fourth-order valence-corrected chi connectivity index (χ4v) is 3.72.